The molecule has 0 bridgehead atoms. The first kappa shape index (κ1) is 16.8. The van der Waals surface area contributed by atoms with Crippen molar-refractivity contribution in [3.05, 3.63) is 59.1 Å². The molecule has 1 aliphatic heterocycles. The molecule has 0 aliphatic carbocycles. The summed E-state index contributed by atoms with van der Waals surface area (Å²) in [6.07, 6.45) is 0. The molecule has 3 rings (SSSR count). The molecule has 5 nitrogen and oxygen atoms in total. The second-order valence-electron chi connectivity index (χ2n) is 5.51. The molecule has 0 saturated carbocycles. The number of sulfonamides is 1. The van der Waals surface area contributed by atoms with Gasteiger partial charge in [0.1, 0.15) is 0 Å². The molecule has 0 atom stereocenters. The normalized spacial score (nSPS) is 15.9. The van der Waals surface area contributed by atoms with Crippen LogP contribution in [0.15, 0.2) is 53.4 Å². The summed E-state index contributed by atoms with van der Waals surface area (Å²) >= 11 is 5.90. The number of halogens is 1. The molecule has 1 saturated heterocycles. The van der Waals surface area contributed by atoms with Crippen molar-refractivity contribution >= 4 is 27.3 Å². The van der Waals surface area contributed by atoms with E-state index in [9.17, 15) is 8.42 Å². The zero-order chi connectivity index (χ0) is 17.2. The van der Waals surface area contributed by atoms with Crippen LogP contribution in [0.2, 0.25) is 5.02 Å². The second-order valence-corrected chi connectivity index (χ2v) is 7.89. The van der Waals surface area contributed by atoms with E-state index in [-0.39, 0.29) is 4.90 Å². The molecule has 24 heavy (non-hydrogen) atoms. The van der Waals surface area contributed by atoms with E-state index in [4.69, 9.17) is 16.9 Å². The Morgan fingerprint density at radius 2 is 1.71 bits per heavy atom. The Bertz CT molecular complexity index is 885. The van der Waals surface area contributed by atoms with E-state index in [0.717, 1.165) is 5.69 Å². The Morgan fingerprint density at radius 3 is 2.38 bits per heavy atom. The fourth-order valence-electron chi connectivity index (χ4n) is 2.74. The van der Waals surface area contributed by atoms with Crippen molar-refractivity contribution in [2.24, 2.45) is 0 Å². The predicted octanol–water partition coefficient (Wildman–Crippen LogP) is 2.72. The number of nitriles is 1. The van der Waals surface area contributed by atoms with Crippen LogP contribution in [0.25, 0.3) is 0 Å². The predicted molar refractivity (Wildman–Crippen MR) is 93.6 cm³/mol. The van der Waals surface area contributed by atoms with E-state index in [0.29, 0.717) is 36.8 Å². The Balaban J connectivity index is 1.74. The summed E-state index contributed by atoms with van der Waals surface area (Å²) in [5.41, 5.74) is 1.54. The molecule has 1 aliphatic rings. The minimum Gasteiger partial charge on any atom is -0.369 e. The van der Waals surface area contributed by atoms with E-state index < -0.39 is 10.0 Å². The van der Waals surface area contributed by atoms with Crippen molar-refractivity contribution in [3.8, 4) is 6.07 Å². The molecule has 0 unspecified atom stereocenters. The molecule has 0 aromatic heterocycles. The fourth-order valence-corrected chi connectivity index (χ4v) is 4.46. The summed E-state index contributed by atoms with van der Waals surface area (Å²) in [7, 11) is -3.53. The Labute approximate surface area is 146 Å². The molecule has 124 valence electrons. The number of hydrogen-bond acceptors (Lipinski definition) is 4. The minimum atomic E-state index is -3.53. The highest BCUT2D eigenvalue weighted by Crippen LogP contribution is 2.23. The van der Waals surface area contributed by atoms with Crippen LogP contribution in [-0.4, -0.2) is 38.9 Å². The minimum absolute atomic E-state index is 0.218. The molecule has 7 heteroatoms. The van der Waals surface area contributed by atoms with Crippen molar-refractivity contribution in [1.82, 2.24) is 4.31 Å². The lowest BCUT2D eigenvalue weighted by Crippen LogP contribution is -2.48. The highest BCUT2D eigenvalue weighted by atomic mass is 35.5. The van der Waals surface area contributed by atoms with Crippen LogP contribution in [0.5, 0.6) is 0 Å². The quantitative estimate of drug-likeness (QED) is 0.843. The number of piperazine rings is 1. The third-order valence-corrected chi connectivity index (χ3v) is 6.14. The summed E-state index contributed by atoms with van der Waals surface area (Å²) in [6, 6.07) is 15.8. The largest absolute Gasteiger partial charge is 0.369 e. The molecule has 0 N–H and O–H groups in total. The molecular formula is C17H16ClN3O2S. The van der Waals surface area contributed by atoms with Gasteiger partial charge >= 0.3 is 0 Å². The van der Waals surface area contributed by atoms with E-state index in [1.54, 1.807) is 24.3 Å². The number of rotatable bonds is 3. The van der Waals surface area contributed by atoms with Gasteiger partial charge in [-0.3, -0.25) is 0 Å². The Hall–Kier alpha value is -2.07. The van der Waals surface area contributed by atoms with Gasteiger partial charge in [-0.05, 0) is 36.4 Å². The molecule has 1 heterocycles. The first-order valence-corrected chi connectivity index (χ1v) is 9.33. The van der Waals surface area contributed by atoms with Crippen molar-refractivity contribution in [2.75, 3.05) is 31.1 Å². The van der Waals surface area contributed by atoms with Gasteiger partial charge in [-0.2, -0.15) is 9.57 Å². The lowest BCUT2D eigenvalue weighted by Gasteiger charge is -2.35. The summed E-state index contributed by atoms with van der Waals surface area (Å²) in [4.78, 5) is 2.31. The monoisotopic (exact) mass is 361 g/mol. The average Bonchev–Trinajstić information content (AvgIpc) is 2.62. The Kier molecular flexibility index (Phi) is 4.76. The van der Waals surface area contributed by atoms with Gasteiger partial charge in [0.25, 0.3) is 0 Å². The maximum absolute atomic E-state index is 12.7. The van der Waals surface area contributed by atoms with E-state index in [1.807, 2.05) is 18.2 Å². The van der Waals surface area contributed by atoms with Crippen LogP contribution in [-0.2, 0) is 10.0 Å². The van der Waals surface area contributed by atoms with Crippen LogP contribution in [0.3, 0.4) is 0 Å². The van der Waals surface area contributed by atoms with Gasteiger partial charge in [0.2, 0.25) is 10.0 Å². The van der Waals surface area contributed by atoms with Gasteiger partial charge in [0.15, 0.2) is 0 Å². The first-order chi connectivity index (χ1) is 11.5. The lowest BCUT2D eigenvalue weighted by atomic mass is 10.2. The second kappa shape index (κ2) is 6.81. The van der Waals surface area contributed by atoms with Gasteiger partial charge in [-0.25, -0.2) is 8.42 Å². The first-order valence-electron chi connectivity index (χ1n) is 7.51. The summed E-state index contributed by atoms with van der Waals surface area (Å²) in [6.45, 7) is 1.95. The third kappa shape index (κ3) is 3.39. The Morgan fingerprint density at radius 1 is 1.00 bits per heavy atom. The molecule has 2 aromatic carbocycles. The topological polar surface area (TPSA) is 64.4 Å². The van der Waals surface area contributed by atoms with Crippen LogP contribution >= 0.6 is 11.6 Å². The van der Waals surface area contributed by atoms with Crippen molar-refractivity contribution in [1.29, 1.82) is 5.26 Å². The number of hydrogen-bond donors (Lipinski definition) is 0. The average molecular weight is 362 g/mol. The van der Waals surface area contributed by atoms with Gasteiger partial charge < -0.3 is 4.90 Å². The van der Waals surface area contributed by atoms with Crippen LogP contribution in [0, 0.1) is 11.3 Å². The molecule has 2 aromatic rings. The van der Waals surface area contributed by atoms with E-state index in [2.05, 4.69) is 11.0 Å². The molecular weight excluding hydrogens is 346 g/mol. The van der Waals surface area contributed by atoms with Crippen molar-refractivity contribution in [2.45, 2.75) is 4.90 Å². The maximum Gasteiger partial charge on any atom is 0.243 e. The summed E-state index contributed by atoms with van der Waals surface area (Å²) in [5.74, 6) is 0. The van der Waals surface area contributed by atoms with Gasteiger partial charge in [-0.15, -0.1) is 0 Å². The number of nitrogens with zero attached hydrogens (tertiary/aromatic N) is 3. The van der Waals surface area contributed by atoms with E-state index >= 15 is 0 Å². The molecule has 0 amide bonds. The highest BCUT2D eigenvalue weighted by Gasteiger charge is 2.28. The maximum atomic E-state index is 12.7. The summed E-state index contributed by atoms with van der Waals surface area (Å²) < 4.78 is 26.9. The van der Waals surface area contributed by atoms with Crippen LogP contribution in [0.4, 0.5) is 5.69 Å². The third-order valence-electron chi connectivity index (χ3n) is 4.01. The standard InChI is InChI=1S/C17H16ClN3O2S/c18-15-4-2-6-17(12-15)24(22,23)21-9-7-20(8-10-21)16-5-1-3-14(11-16)13-19/h1-6,11-12H,7-10H2. The lowest BCUT2D eigenvalue weighted by molar-refractivity contribution is 0.385. The smallest absolute Gasteiger partial charge is 0.243 e. The van der Waals surface area contributed by atoms with Crippen LogP contribution < -0.4 is 4.90 Å². The van der Waals surface area contributed by atoms with Crippen molar-refractivity contribution < 1.29 is 8.42 Å². The zero-order valence-corrected chi connectivity index (χ0v) is 14.5. The summed E-state index contributed by atoms with van der Waals surface area (Å²) in [5, 5.41) is 9.40. The van der Waals surface area contributed by atoms with Gasteiger partial charge in [0.05, 0.1) is 16.5 Å². The molecule has 0 spiro atoms. The zero-order valence-electron chi connectivity index (χ0n) is 12.9. The van der Waals surface area contributed by atoms with E-state index in [1.165, 1.54) is 10.4 Å². The van der Waals surface area contributed by atoms with Gasteiger partial charge in [-0.1, -0.05) is 23.7 Å². The van der Waals surface area contributed by atoms with Crippen molar-refractivity contribution in [3.63, 3.8) is 0 Å². The molecule has 1 fully saturated rings. The highest BCUT2D eigenvalue weighted by molar-refractivity contribution is 7.89. The SMILES string of the molecule is N#Cc1cccc(N2CCN(S(=O)(=O)c3cccc(Cl)c3)CC2)c1. The fraction of sp³-hybridized carbons (Fsp3) is 0.235. The number of benzene rings is 2. The number of anilines is 1. The molecule has 0 radical (unpaired) electrons. The van der Waals surface area contributed by atoms with Gasteiger partial charge in [0, 0.05) is 36.9 Å². The van der Waals surface area contributed by atoms with Crippen LogP contribution in [0.1, 0.15) is 5.56 Å².